The summed E-state index contributed by atoms with van der Waals surface area (Å²) in [5, 5.41) is 5.39. The summed E-state index contributed by atoms with van der Waals surface area (Å²) in [6, 6.07) is 3.76. The molecule has 104 valence electrons. The highest BCUT2D eigenvalue weighted by atomic mass is 16.2. The van der Waals surface area contributed by atoms with Crippen molar-refractivity contribution in [1.29, 1.82) is 0 Å². The van der Waals surface area contributed by atoms with Crippen LogP contribution in [0.5, 0.6) is 0 Å². The number of aryl methyl sites for hydroxylation is 1. The van der Waals surface area contributed by atoms with Gasteiger partial charge in [-0.1, -0.05) is 6.07 Å². The van der Waals surface area contributed by atoms with Crippen molar-refractivity contribution in [2.24, 2.45) is 0 Å². The summed E-state index contributed by atoms with van der Waals surface area (Å²) < 4.78 is 0. The lowest BCUT2D eigenvalue weighted by atomic mass is 10.1. The van der Waals surface area contributed by atoms with E-state index >= 15 is 0 Å². The summed E-state index contributed by atoms with van der Waals surface area (Å²) in [4.78, 5) is 27.1. The molecule has 0 fully saturated rings. The quantitative estimate of drug-likeness (QED) is 0.834. The van der Waals surface area contributed by atoms with Crippen molar-refractivity contribution >= 4 is 11.8 Å². The van der Waals surface area contributed by atoms with E-state index in [1.54, 1.807) is 12.4 Å². The molecule has 0 aliphatic rings. The van der Waals surface area contributed by atoms with Gasteiger partial charge in [0.2, 0.25) is 11.8 Å². The van der Waals surface area contributed by atoms with Gasteiger partial charge in [0.25, 0.3) is 0 Å². The third-order valence-corrected chi connectivity index (χ3v) is 2.32. The summed E-state index contributed by atoms with van der Waals surface area (Å²) in [5.74, 6) is -0.310. The van der Waals surface area contributed by atoms with Gasteiger partial charge in [-0.3, -0.25) is 14.6 Å². The lowest BCUT2D eigenvalue weighted by Crippen LogP contribution is -2.45. The maximum Gasteiger partial charge on any atom is 0.239 e. The van der Waals surface area contributed by atoms with Crippen molar-refractivity contribution in [3.63, 3.8) is 0 Å². The fourth-order valence-electron chi connectivity index (χ4n) is 1.53. The van der Waals surface area contributed by atoms with Gasteiger partial charge in [0.1, 0.15) is 0 Å². The average Bonchev–Trinajstić information content (AvgIpc) is 2.33. The Bertz CT molecular complexity index is 424. The molecule has 1 aromatic heterocycles. The number of amides is 2. The molecular weight excluding hydrogens is 242 g/mol. The highest BCUT2D eigenvalue weighted by Gasteiger charge is 2.14. The van der Waals surface area contributed by atoms with E-state index in [4.69, 9.17) is 0 Å². The van der Waals surface area contributed by atoms with E-state index in [-0.39, 0.29) is 23.9 Å². The molecule has 2 N–H and O–H groups in total. The molecule has 19 heavy (non-hydrogen) atoms. The number of hydrogen-bond donors (Lipinski definition) is 2. The van der Waals surface area contributed by atoms with E-state index in [0.29, 0.717) is 12.8 Å². The van der Waals surface area contributed by atoms with Crippen LogP contribution in [0.3, 0.4) is 0 Å². The fourth-order valence-corrected chi connectivity index (χ4v) is 1.53. The molecule has 0 unspecified atom stereocenters. The van der Waals surface area contributed by atoms with Crippen molar-refractivity contribution < 1.29 is 9.59 Å². The predicted octanol–water partition coefficient (Wildman–Crippen LogP) is 1.05. The van der Waals surface area contributed by atoms with Gasteiger partial charge in [-0.05, 0) is 38.8 Å². The first kappa shape index (κ1) is 15.1. The number of pyridine rings is 1. The Kier molecular flexibility index (Phi) is 5.48. The zero-order chi connectivity index (χ0) is 14.3. The molecule has 1 aromatic rings. The van der Waals surface area contributed by atoms with E-state index in [9.17, 15) is 9.59 Å². The number of hydrogen-bond acceptors (Lipinski definition) is 3. The van der Waals surface area contributed by atoms with Gasteiger partial charge in [-0.2, -0.15) is 0 Å². The van der Waals surface area contributed by atoms with E-state index in [0.717, 1.165) is 5.56 Å². The van der Waals surface area contributed by atoms with Crippen molar-refractivity contribution in [3.8, 4) is 0 Å². The van der Waals surface area contributed by atoms with Crippen LogP contribution in [-0.2, 0) is 16.0 Å². The maximum absolute atomic E-state index is 11.6. The van der Waals surface area contributed by atoms with Crippen LogP contribution < -0.4 is 10.6 Å². The second-order valence-electron chi connectivity index (χ2n) is 5.44. The maximum atomic E-state index is 11.6. The van der Waals surface area contributed by atoms with Crippen LogP contribution in [-0.4, -0.2) is 28.9 Å². The molecule has 1 heterocycles. The Balaban J connectivity index is 2.23. The molecule has 0 bridgehead atoms. The zero-order valence-electron chi connectivity index (χ0n) is 11.7. The molecule has 0 saturated carbocycles. The largest absolute Gasteiger partial charge is 0.350 e. The fraction of sp³-hybridized carbons (Fsp3) is 0.500. The third kappa shape index (κ3) is 7.18. The third-order valence-electron chi connectivity index (χ3n) is 2.32. The number of nitrogens with one attached hydrogen (secondary N) is 2. The molecule has 0 aliphatic carbocycles. The number of carbonyl (C=O) groups is 2. The first-order valence-corrected chi connectivity index (χ1v) is 6.33. The molecular formula is C14H21N3O2. The molecule has 0 atom stereocenters. The van der Waals surface area contributed by atoms with Gasteiger partial charge >= 0.3 is 0 Å². The summed E-state index contributed by atoms with van der Waals surface area (Å²) in [6.45, 7) is 5.71. The van der Waals surface area contributed by atoms with Crippen LogP contribution in [0.15, 0.2) is 24.5 Å². The van der Waals surface area contributed by atoms with Crippen LogP contribution >= 0.6 is 0 Å². The SMILES string of the molecule is CC(C)(C)NC(=O)CNC(=O)CCc1cccnc1. The van der Waals surface area contributed by atoms with Crippen LogP contribution in [0.4, 0.5) is 0 Å². The van der Waals surface area contributed by atoms with Crippen molar-refractivity contribution in [3.05, 3.63) is 30.1 Å². The molecule has 0 spiro atoms. The minimum atomic E-state index is -0.280. The lowest BCUT2D eigenvalue weighted by molar-refractivity contribution is -0.126. The number of carbonyl (C=O) groups excluding carboxylic acids is 2. The van der Waals surface area contributed by atoms with Gasteiger partial charge in [-0.25, -0.2) is 0 Å². The van der Waals surface area contributed by atoms with E-state index in [2.05, 4.69) is 15.6 Å². The molecule has 0 saturated heterocycles. The van der Waals surface area contributed by atoms with Gasteiger partial charge in [-0.15, -0.1) is 0 Å². The number of aromatic nitrogens is 1. The smallest absolute Gasteiger partial charge is 0.239 e. The minimum absolute atomic E-state index is 0.0170. The van der Waals surface area contributed by atoms with Gasteiger partial charge < -0.3 is 10.6 Å². The zero-order valence-corrected chi connectivity index (χ0v) is 11.7. The molecule has 1 rings (SSSR count). The number of nitrogens with zero attached hydrogens (tertiary/aromatic N) is 1. The standard InChI is InChI=1S/C14H21N3O2/c1-14(2,3)17-13(19)10-16-12(18)7-6-11-5-4-8-15-9-11/h4-5,8-9H,6-7,10H2,1-3H3,(H,16,18)(H,17,19). The molecule has 5 heteroatoms. The normalized spacial score (nSPS) is 10.9. The average molecular weight is 263 g/mol. The Labute approximate surface area is 113 Å². The predicted molar refractivity (Wildman–Crippen MR) is 73.5 cm³/mol. The van der Waals surface area contributed by atoms with Crippen LogP contribution in [0, 0.1) is 0 Å². The summed E-state index contributed by atoms with van der Waals surface area (Å²) in [5.41, 5.74) is 0.731. The Morgan fingerprint density at radius 1 is 1.26 bits per heavy atom. The topological polar surface area (TPSA) is 71.1 Å². The van der Waals surface area contributed by atoms with Crippen molar-refractivity contribution in [2.75, 3.05) is 6.54 Å². The van der Waals surface area contributed by atoms with E-state index in [1.165, 1.54) is 0 Å². The summed E-state index contributed by atoms with van der Waals surface area (Å²) in [6.07, 6.45) is 4.41. The second kappa shape index (κ2) is 6.87. The summed E-state index contributed by atoms with van der Waals surface area (Å²) >= 11 is 0. The van der Waals surface area contributed by atoms with E-state index < -0.39 is 0 Å². The van der Waals surface area contributed by atoms with Crippen LogP contribution in [0.1, 0.15) is 32.8 Å². The molecule has 0 aromatic carbocycles. The summed E-state index contributed by atoms with van der Waals surface area (Å²) in [7, 11) is 0. The van der Waals surface area contributed by atoms with E-state index in [1.807, 2.05) is 32.9 Å². The molecule has 0 radical (unpaired) electrons. The molecule has 5 nitrogen and oxygen atoms in total. The van der Waals surface area contributed by atoms with Crippen molar-refractivity contribution in [1.82, 2.24) is 15.6 Å². The second-order valence-corrected chi connectivity index (χ2v) is 5.44. The Morgan fingerprint density at radius 2 is 2.00 bits per heavy atom. The first-order chi connectivity index (χ1) is 8.87. The van der Waals surface area contributed by atoms with Crippen LogP contribution in [0.2, 0.25) is 0 Å². The Morgan fingerprint density at radius 3 is 2.58 bits per heavy atom. The van der Waals surface area contributed by atoms with Gasteiger partial charge in [0, 0.05) is 24.4 Å². The first-order valence-electron chi connectivity index (χ1n) is 6.33. The highest BCUT2D eigenvalue weighted by Crippen LogP contribution is 2.00. The number of rotatable bonds is 5. The van der Waals surface area contributed by atoms with Gasteiger partial charge in [0.05, 0.1) is 6.54 Å². The van der Waals surface area contributed by atoms with Gasteiger partial charge in [0.15, 0.2) is 0 Å². The molecule has 2 amide bonds. The monoisotopic (exact) mass is 263 g/mol. The molecule has 0 aliphatic heterocycles. The van der Waals surface area contributed by atoms with Crippen molar-refractivity contribution in [2.45, 2.75) is 39.2 Å². The Hall–Kier alpha value is -1.91. The highest BCUT2D eigenvalue weighted by molar-refractivity contribution is 5.85. The lowest BCUT2D eigenvalue weighted by Gasteiger charge is -2.20. The van der Waals surface area contributed by atoms with Crippen LogP contribution in [0.25, 0.3) is 0 Å². The minimum Gasteiger partial charge on any atom is -0.350 e.